The van der Waals surface area contributed by atoms with Crippen LogP contribution in [0, 0.1) is 12.7 Å². The van der Waals surface area contributed by atoms with Crippen LogP contribution in [0.3, 0.4) is 0 Å². The topological polar surface area (TPSA) is 70.5 Å². The third-order valence-electron chi connectivity index (χ3n) is 5.88. The second-order valence-corrected chi connectivity index (χ2v) is 8.16. The molecule has 6 heteroatoms. The van der Waals surface area contributed by atoms with E-state index in [-0.39, 0.29) is 16.9 Å². The van der Waals surface area contributed by atoms with Crippen LogP contribution in [0.25, 0.3) is 5.76 Å². The number of pyridine rings is 1. The molecule has 33 heavy (non-hydrogen) atoms. The Bertz CT molecular complexity index is 1220. The number of Topliss-reactive ketones (excluding diaryl/α,β-unsaturated/α-hetero) is 1. The smallest absolute Gasteiger partial charge is 0.300 e. The predicted molar refractivity (Wildman–Crippen MR) is 125 cm³/mol. The van der Waals surface area contributed by atoms with Gasteiger partial charge < -0.3 is 5.11 Å². The summed E-state index contributed by atoms with van der Waals surface area (Å²) in [6.07, 6.45) is 4.66. The van der Waals surface area contributed by atoms with Gasteiger partial charge in [0.15, 0.2) is 0 Å². The first kappa shape index (κ1) is 22.4. The van der Waals surface area contributed by atoms with E-state index in [1.807, 2.05) is 24.3 Å². The third-order valence-corrected chi connectivity index (χ3v) is 5.88. The van der Waals surface area contributed by atoms with Gasteiger partial charge in [0, 0.05) is 17.4 Å². The number of aryl methyl sites for hydroxylation is 2. The molecule has 0 spiro atoms. The first-order valence-electron chi connectivity index (χ1n) is 11.0. The minimum absolute atomic E-state index is 0.0697. The molecule has 0 aliphatic carbocycles. The number of rotatable bonds is 6. The Balaban J connectivity index is 1.84. The van der Waals surface area contributed by atoms with Crippen molar-refractivity contribution >= 4 is 23.1 Å². The lowest BCUT2D eigenvalue weighted by Crippen LogP contribution is -2.29. The highest BCUT2D eigenvalue weighted by Crippen LogP contribution is 2.41. The maximum Gasteiger partial charge on any atom is 0.300 e. The fraction of sp³-hybridized carbons (Fsp3) is 0.222. The number of hydrogen-bond acceptors (Lipinski definition) is 4. The number of halogens is 1. The van der Waals surface area contributed by atoms with Crippen LogP contribution in [0.2, 0.25) is 0 Å². The number of benzene rings is 2. The summed E-state index contributed by atoms with van der Waals surface area (Å²) in [4.78, 5) is 32.0. The van der Waals surface area contributed by atoms with Gasteiger partial charge in [-0.15, -0.1) is 0 Å². The van der Waals surface area contributed by atoms with Gasteiger partial charge in [0.25, 0.3) is 11.7 Å². The third kappa shape index (κ3) is 4.29. The van der Waals surface area contributed by atoms with Crippen LogP contribution in [0.5, 0.6) is 0 Å². The predicted octanol–water partition coefficient (Wildman–Crippen LogP) is 5.50. The average Bonchev–Trinajstić information content (AvgIpc) is 3.10. The number of unbranched alkanes of at least 4 members (excludes halogenated alkanes) is 1. The van der Waals surface area contributed by atoms with Gasteiger partial charge in [0.2, 0.25) is 0 Å². The fourth-order valence-corrected chi connectivity index (χ4v) is 4.07. The van der Waals surface area contributed by atoms with Crippen molar-refractivity contribution in [3.8, 4) is 0 Å². The molecule has 0 saturated carbocycles. The largest absolute Gasteiger partial charge is 0.507 e. The molecule has 1 fully saturated rings. The number of amides is 1. The first-order chi connectivity index (χ1) is 15.9. The van der Waals surface area contributed by atoms with Crippen LogP contribution < -0.4 is 4.90 Å². The Labute approximate surface area is 192 Å². The second kappa shape index (κ2) is 9.36. The summed E-state index contributed by atoms with van der Waals surface area (Å²) in [5, 5.41) is 11.1. The van der Waals surface area contributed by atoms with Crippen molar-refractivity contribution in [2.45, 2.75) is 39.2 Å². The number of carbonyl (C=O) groups is 2. The lowest BCUT2D eigenvalue weighted by Gasteiger charge is -2.24. The zero-order valence-corrected chi connectivity index (χ0v) is 18.6. The van der Waals surface area contributed by atoms with Crippen LogP contribution >= 0.6 is 0 Å². The van der Waals surface area contributed by atoms with Crippen LogP contribution in [0.15, 0.2) is 72.4 Å². The van der Waals surface area contributed by atoms with Gasteiger partial charge in [0.05, 0.1) is 11.3 Å². The molecular weight excluding hydrogens is 419 g/mol. The van der Waals surface area contributed by atoms with Crippen molar-refractivity contribution in [3.05, 3.63) is 101 Å². The Morgan fingerprint density at radius 1 is 1.09 bits per heavy atom. The maximum atomic E-state index is 13.8. The summed E-state index contributed by atoms with van der Waals surface area (Å²) in [5.74, 6) is -2.32. The van der Waals surface area contributed by atoms with E-state index in [1.165, 1.54) is 23.1 Å². The molecule has 3 aromatic rings. The zero-order valence-electron chi connectivity index (χ0n) is 18.6. The molecule has 0 radical (unpaired) electrons. The lowest BCUT2D eigenvalue weighted by molar-refractivity contribution is -0.132. The molecule has 0 bridgehead atoms. The van der Waals surface area contributed by atoms with Crippen LogP contribution in [-0.4, -0.2) is 21.8 Å². The number of aliphatic hydroxyl groups excluding tert-OH is 1. The molecule has 1 aromatic heterocycles. The van der Waals surface area contributed by atoms with Gasteiger partial charge in [-0.25, -0.2) is 4.39 Å². The summed E-state index contributed by atoms with van der Waals surface area (Å²) >= 11 is 0. The van der Waals surface area contributed by atoms with Gasteiger partial charge >= 0.3 is 0 Å². The molecular formula is C27H25FN2O3. The molecule has 1 N–H and O–H groups in total. The van der Waals surface area contributed by atoms with Crippen molar-refractivity contribution in [3.63, 3.8) is 0 Å². The van der Waals surface area contributed by atoms with E-state index in [2.05, 4.69) is 11.9 Å². The van der Waals surface area contributed by atoms with E-state index in [9.17, 15) is 19.1 Å². The molecule has 1 saturated heterocycles. The van der Waals surface area contributed by atoms with Crippen molar-refractivity contribution < 1.29 is 19.1 Å². The fourth-order valence-electron chi connectivity index (χ4n) is 4.07. The minimum atomic E-state index is -0.905. The molecule has 168 valence electrons. The molecule has 4 rings (SSSR count). The summed E-state index contributed by atoms with van der Waals surface area (Å²) in [5.41, 5.74) is 2.66. The van der Waals surface area contributed by atoms with E-state index >= 15 is 0 Å². The Kier molecular flexibility index (Phi) is 6.36. The molecule has 1 unspecified atom stereocenters. The summed E-state index contributed by atoms with van der Waals surface area (Å²) < 4.78 is 13.8. The molecule has 1 aliphatic rings. The molecule has 5 nitrogen and oxygen atoms in total. The van der Waals surface area contributed by atoms with Gasteiger partial charge in [0.1, 0.15) is 17.6 Å². The Morgan fingerprint density at radius 2 is 1.85 bits per heavy atom. The first-order valence-corrected chi connectivity index (χ1v) is 11.0. The lowest BCUT2D eigenvalue weighted by atomic mass is 9.97. The number of anilines is 1. The highest BCUT2D eigenvalue weighted by Gasteiger charge is 2.47. The number of aromatic nitrogens is 1. The number of hydrogen-bond donors (Lipinski definition) is 1. The van der Waals surface area contributed by atoms with Gasteiger partial charge in [-0.05, 0) is 73.4 Å². The Hall–Kier alpha value is -3.80. The number of aliphatic hydroxyl groups is 1. The van der Waals surface area contributed by atoms with E-state index in [0.717, 1.165) is 24.8 Å². The summed E-state index contributed by atoms with van der Waals surface area (Å²) in [7, 11) is 0. The van der Waals surface area contributed by atoms with Crippen molar-refractivity contribution in [1.82, 2.24) is 4.98 Å². The van der Waals surface area contributed by atoms with Crippen molar-refractivity contribution in [2.24, 2.45) is 0 Å². The van der Waals surface area contributed by atoms with Gasteiger partial charge in [-0.3, -0.25) is 19.5 Å². The standard InChI is InChI=1S/C27H25FN2O3/c1-3-4-7-18-9-12-20(13-10-18)30-24(22-8-5-6-15-29-22)23(26(32)27(30)33)25(31)19-11-14-21(28)17(2)16-19/h5-6,8-16,24,31H,3-4,7H2,1-2H3/b25-23-. The number of ketones is 1. The van der Waals surface area contributed by atoms with E-state index in [1.54, 1.807) is 31.3 Å². The van der Waals surface area contributed by atoms with E-state index in [4.69, 9.17) is 0 Å². The number of carbonyl (C=O) groups excluding carboxylic acids is 2. The highest BCUT2D eigenvalue weighted by molar-refractivity contribution is 6.51. The molecule has 1 amide bonds. The van der Waals surface area contributed by atoms with Crippen LogP contribution in [0.1, 0.15) is 48.2 Å². The molecule has 1 atom stereocenters. The SMILES string of the molecule is CCCCc1ccc(N2C(=O)C(=O)/C(=C(\O)c3ccc(F)c(C)c3)C2c2ccccn2)cc1. The number of nitrogens with zero attached hydrogens (tertiary/aromatic N) is 2. The van der Waals surface area contributed by atoms with E-state index in [0.29, 0.717) is 16.9 Å². The van der Waals surface area contributed by atoms with Gasteiger partial charge in [-0.1, -0.05) is 31.5 Å². The van der Waals surface area contributed by atoms with Crippen LogP contribution in [0.4, 0.5) is 10.1 Å². The highest BCUT2D eigenvalue weighted by atomic mass is 19.1. The minimum Gasteiger partial charge on any atom is -0.507 e. The molecule has 2 aromatic carbocycles. The summed E-state index contributed by atoms with van der Waals surface area (Å²) in [6, 6.07) is 15.9. The van der Waals surface area contributed by atoms with Crippen molar-refractivity contribution in [2.75, 3.05) is 4.90 Å². The normalized spacial score (nSPS) is 17.5. The second-order valence-electron chi connectivity index (χ2n) is 8.16. The average molecular weight is 445 g/mol. The summed E-state index contributed by atoms with van der Waals surface area (Å²) in [6.45, 7) is 3.70. The molecule has 2 heterocycles. The quantitative estimate of drug-likeness (QED) is 0.310. The van der Waals surface area contributed by atoms with Crippen LogP contribution in [-0.2, 0) is 16.0 Å². The monoisotopic (exact) mass is 444 g/mol. The zero-order chi connectivity index (χ0) is 23.5. The van der Waals surface area contributed by atoms with Gasteiger partial charge in [-0.2, -0.15) is 0 Å². The Morgan fingerprint density at radius 3 is 2.48 bits per heavy atom. The molecule has 1 aliphatic heterocycles. The maximum absolute atomic E-state index is 13.8. The van der Waals surface area contributed by atoms with Crippen molar-refractivity contribution in [1.29, 1.82) is 0 Å². The van der Waals surface area contributed by atoms with E-state index < -0.39 is 23.5 Å².